The van der Waals surface area contributed by atoms with E-state index in [1.165, 1.54) is 19.2 Å². The van der Waals surface area contributed by atoms with Crippen molar-refractivity contribution in [3.63, 3.8) is 0 Å². The van der Waals surface area contributed by atoms with E-state index in [0.29, 0.717) is 5.02 Å². The third kappa shape index (κ3) is 2.93. The number of nitrogens with one attached hydrogen (secondary N) is 2. The van der Waals surface area contributed by atoms with Crippen LogP contribution in [0.1, 0.15) is 16.8 Å². The molecule has 8 nitrogen and oxygen atoms in total. The fourth-order valence-electron chi connectivity index (χ4n) is 4.35. The molecule has 0 radical (unpaired) electrons. The standard InChI is InChI=1S/C19H18ClN3O5/c1-28-13-5-4-11(20)7-12(13)17(25)22-21-14(24)8-23-18(26)15-9-2-3-10(6-9)16(15)19(23)27/h2-5,7,9-10,15-16H,6,8H2,1H3,(H,21,24)(H,22,25)/t9-,10-,15-,16+/m0/s1. The molecule has 2 aliphatic carbocycles. The number of hydrogen-bond donors (Lipinski definition) is 2. The van der Waals surface area contributed by atoms with E-state index in [4.69, 9.17) is 16.3 Å². The number of fused-ring (bicyclic) bond motifs is 5. The van der Waals surface area contributed by atoms with Crippen LogP contribution in [-0.2, 0) is 14.4 Å². The fraction of sp³-hybridized carbons (Fsp3) is 0.368. The molecule has 4 atom stereocenters. The van der Waals surface area contributed by atoms with Crippen molar-refractivity contribution in [2.24, 2.45) is 23.7 Å². The quantitative estimate of drug-likeness (QED) is 0.442. The van der Waals surface area contributed by atoms with Gasteiger partial charge in [0, 0.05) is 5.02 Å². The normalized spacial score (nSPS) is 27.1. The molecule has 2 bridgehead atoms. The number of rotatable bonds is 4. The molecule has 0 aromatic heterocycles. The number of carbonyl (C=O) groups excluding carboxylic acids is 4. The Morgan fingerprint density at radius 3 is 2.39 bits per heavy atom. The fourth-order valence-corrected chi connectivity index (χ4v) is 4.53. The molecular formula is C19H18ClN3O5. The Hall–Kier alpha value is -2.87. The third-order valence-electron chi connectivity index (χ3n) is 5.58. The lowest BCUT2D eigenvalue weighted by atomic mass is 9.85. The van der Waals surface area contributed by atoms with Crippen molar-refractivity contribution in [1.82, 2.24) is 15.8 Å². The van der Waals surface area contributed by atoms with Crippen molar-refractivity contribution >= 4 is 35.2 Å². The summed E-state index contributed by atoms with van der Waals surface area (Å²) in [6, 6.07) is 4.50. The summed E-state index contributed by atoms with van der Waals surface area (Å²) in [4.78, 5) is 50.6. The number of carbonyl (C=O) groups is 4. The van der Waals surface area contributed by atoms with E-state index in [9.17, 15) is 19.2 Å². The first-order chi connectivity index (χ1) is 13.4. The van der Waals surface area contributed by atoms with Crippen LogP contribution < -0.4 is 15.6 Å². The maximum absolute atomic E-state index is 12.6. The maximum Gasteiger partial charge on any atom is 0.273 e. The number of amides is 4. The van der Waals surface area contributed by atoms with Gasteiger partial charge in [-0.2, -0.15) is 0 Å². The highest BCUT2D eigenvalue weighted by atomic mass is 35.5. The monoisotopic (exact) mass is 403 g/mol. The molecule has 2 N–H and O–H groups in total. The van der Waals surface area contributed by atoms with Crippen LogP contribution in [0, 0.1) is 23.7 Å². The second-order valence-electron chi connectivity index (χ2n) is 7.11. The highest BCUT2D eigenvalue weighted by molar-refractivity contribution is 6.31. The van der Waals surface area contributed by atoms with Crippen molar-refractivity contribution in [3.8, 4) is 5.75 Å². The molecule has 3 aliphatic rings. The molecule has 0 unspecified atom stereocenters. The molecule has 146 valence electrons. The van der Waals surface area contributed by atoms with Gasteiger partial charge in [-0.15, -0.1) is 0 Å². The Bertz CT molecular complexity index is 885. The number of allylic oxidation sites excluding steroid dienone is 2. The van der Waals surface area contributed by atoms with E-state index in [-0.39, 0.29) is 46.8 Å². The number of benzene rings is 1. The molecule has 4 amide bonds. The van der Waals surface area contributed by atoms with Crippen LogP contribution in [0.5, 0.6) is 5.75 Å². The van der Waals surface area contributed by atoms with Gasteiger partial charge in [0.2, 0.25) is 11.8 Å². The SMILES string of the molecule is COc1ccc(Cl)cc1C(=O)NNC(=O)CN1C(=O)[C@@H]2[C@H](C1=O)[C@H]1C=C[C@H]2C1. The summed E-state index contributed by atoms with van der Waals surface area (Å²) in [5.41, 5.74) is 4.61. The van der Waals surface area contributed by atoms with Crippen molar-refractivity contribution in [1.29, 1.82) is 0 Å². The molecule has 1 aliphatic heterocycles. The van der Waals surface area contributed by atoms with Crippen molar-refractivity contribution in [2.75, 3.05) is 13.7 Å². The Labute approximate surface area is 165 Å². The smallest absolute Gasteiger partial charge is 0.273 e. The molecule has 1 saturated carbocycles. The van der Waals surface area contributed by atoms with E-state index in [0.717, 1.165) is 11.3 Å². The number of hydrazine groups is 1. The zero-order chi connectivity index (χ0) is 20.0. The average Bonchev–Trinajstić information content (AvgIpc) is 3.36. The van der Waals surface area contributed by atoms with E-state index in [1.807, 2.05) is 12.2 Å². The van der Waals surface area contributed by atoms with Gasteiger partial charge < -0.3 is 4.74 Å². The van der Waals surface area contributed by atoms with Gasteiger partial charge in [0.05, 0.1) is 24.5 Å². The summed E-state index contributed by atoms with van der Waals surface area (Å²) in [6.45, 7) is -0.433. The number of ether oxygens (including phenoxy) is 1. The molecular weight excluding hydrogens is 386 g/mol. The highest BCUT2D eigenvalue weighted by Gasteiger charge is 2.59. The summed E-state index contributed by atoms with van der Waals surface area (Å²) in [7, 11) is 1.40. The van der Waals surface area contributed by atoms with Crippen LogP contribution in [0.25, 0.3) is 0 Å². The van der Waals surface area contributed by atoms with Gasteiger partial charge in [-0.3, -0.25) is 34.9 Å². The minimum Gasteiger partial charge on any atom is -0.496 e. The molecule has 0 spiro atoms. The van der Waals surface area contributed by atoms with Gasteiger partial charge in [0.1, 0.15) is 12.3 Å². The summed E-state index contributed by atoms with van der Waals surface area (Å²) < 4.78 is 5.10. The van der Waals surface area contributed by atoms with Crippen molar-refractivity contribution < 1.29 is 23.9 Å². The Kier molecular flexibility index (Phi) is 4.58. The number of likely N-dealkylation sites (tertiary alicyclic amines) is 1. The Morgan fingerprint density at radius 2 is 1.79 bits per heavy atom. The molecule has 1 saturated heterocycles. The lowest BCUT2D eigenvalue weighted by Crippen LogP contribution is -2.48. The first-order valence-corrected chi connectivity index (χ1v) is 9.24. The second-order valence-corrected chi connectivity index (χ2v) is 7.55. The number of nitrogens with zero attached hydrogens (tertiary/aromatic N) is 1. The molecule has 4 rings (SSSR count). The van der Waals surface area contributed by atoms with E-state index >= 15 is 0 Å². The third-order valence-corrected chi connectivity index (χ3v) is 5.82. The van der Waals surface area contributed by atoms with Crippen molar-refractivity contribution in [3.05, 3.63) is 40.9 Å². The topological polar surface area (TPSA) is 105 Å². The van der Waals surface area contributed by atoms with E-state index in [2.05, 4.69) is 10.9 Å². The molecule has 2 fully saturated rings. The first kappa shape index (κ1) is 18.5. The molecule has 28 heavy (non-hydrogen) atoms. The van der Waals surface area contributed by atoms with Crippen LogP contribution in [0.2, 0.25) is 5.02 Å². The van der Waals surface area contributed by atoms with Crippen LogP contribution in [-0.4, -0.2) is 42.2 Å². The first-order valence-electron chi connectivity index (χ1n) is 8.87. The summed E-state index contributed by atoms with van der Waals surface area (Å²) in [6.07, 6.45) is 4.79. The van der Waals surface area contributed by atoms with Crippen LogP contribution in [0.4, 0.5) is 0 Å². The summed E-state index contributed by atoms with van der Waals surface area (Å²) in [5.74, 6) is -2.21. The average molecular weight is 404 g/mol. The van der Waals surface area contributed by atoms with E-state index < -0.39 is 18.4 Å². The lowest BCUT2D eigenvalue weighted by Gasteiger charge is -2.17. The minimum atomic E-state index is -0.670. The van der Waals surface area contributed by atoms with Gasteiger partial charge in [-0.05, 0) is 36.5 Å². The van der Waals surface area contributed by atoms with Gasteiger partial charge >= 0.3 is 0 Å². The predicted octanol–water partition coefficient (Wildman–Crippen LogP) is 0.917. The van der Waals surface area contributed by atoms with Gasteiger partial charge in [0.15, 0.2) is 0 Å². The zero-order valence-corrected chi connectivity index (χ0v) is 15.7. The van der Waals surface area contributed by atoms with Crippen LogP contribution in [0.3, 0.4) is 0 Å². The maximum atomic E-state index is 12.6. The Morgan fingerprint density at radius 1 is 1.14 bits per heavy atom. The molecule has 1 aromatic carbocycles. The van der Waals surface area contributed by atoms with Gasteiger partial charge in [-0.1, -0.05) is 23.8 Å². The largest absolute Gasteiger partial charge is 0.496 e. The van der Waals surface area contributed by atoms with Crippen LogP contribution >= 0.6 is 11.6 Å². The lowest BCUT2D eigenvalue weighted by molar-refractivity contribution is -0.144. The van der Waals surface area contributed by atoms with Crippen molar-refractivity contribution in [2.45, 2.75) is 6.42 Å². The molecule has 1 aromatic rings. The number of methoxy groups -OCH3 is 1. The number of halogens is 1. The van der Waals surface area contributed by atoms with Gasteiger partial charge in [0.25, 0.3) is 11.8 Å². The summed E-state index contributed by atoms with van der Waals surface area (Å²) in [5, 5.41) is 0.334. The summed E-state index contributed by atoms with van der Waals surface area (Å²) >= 11 is 5.89. The van der Waals surface area contributed by atoms with E-state index in [1.54, 1.807) is 6.07 Å². The molecule has 9 heteroatoms. The molecule has 1 heterocycles. The zero-order valence-electron chi connectivity index (χ0n) is 15.0. The minimum absolute atomic E-state index is 0.0782. The predicted molar refractivity (Wildman–Crippen MR) is 98.0 cm³/mol. The second kappa shape index (κ2) is 6.94. The number of imide groups is 1. The van der Waals surface area contributed by atoms with Gasteiger partial charge in [-0.25, -0.2) is 0 Å². The highest BCUT2D eigenvalue weighted by Crippen LogP contribution is 2.52. The van der Waals surface area contributed by atoms with Crippen LogP contribution in [0.15, 0.2) is 30.4 Å². The number of hydrogen-bond acceptors (Lipinski definition) is 5. The Balaban J connectivity index is 1.37.